The van der Waals surface area contributed by atoms with Crippen molar-refractivity contribution in [1.82, 2.24) is 5.32 Å². The molecule has 0 bridgehead atoms. The van der Waals surface area contributed by atoms with Crippen molar-refractivity contribution in [2.45, 2.75) is 78.7 Å². The standard InChI is InChI=1S/C16H35NO2S/c1-5-9-11-15(7-3)16(17-13-6-2)12-10-14-20(18,19)8-4/h15-17H,5-14H2,1-4H3. The van der Waals surface area contributed by atoms with Gasteiger partial charge >= 0.3 is 0 Å². The predicted octanol–water partition coefficient (Wildman–Crippen LogP) is 3.79. The molecular formula is C16H35NO2S. The Kier molecular flexibility index (Phi) is 11.5. The van der Waals surface area contributed by atoms with Crippen molar-refractivity contribution in [3.63, 3.8) is 0 Å². The Morgan fingerprint density at radius 1 is 0.950 bits per heavy atom. The third-order valence-electron chi connectivity index (χ3n) is 4.09. The molecule has 122 valence electrons. The summed E-state index contributed by atoms with van der Waals surface area (Å²) in [7, 11) is -2.81. The summed E-state index contributed by atoms with van der Waals surface area (Å²) < 4.78 is 23.2. The van der Waals surface area contributed by atoms with E-state index >= 15 is 0 Å². The Hall–Kier alpha value is -0.0900. The number of hydrogen-bond acceptors (Lipinski definition) is 3. The number of unbranched alkanes of at least 4 members (excludes halogenated alkanes) is 1. The summed E-state index contributed by atoms with van der Waals surface area (Å²) in [6.07, 6.45) is 7.86. The molecule has 0 heterocycles. The summed E-state index contributed by atoms with van der Waals surface area (Å²) in [5.74, 6) is 1.30. The van der Waals surface area contributed by atoms with Gasteiger partial charge in [-0.3, -0.25) is 0 Å². The first-order chi connectivity index (χ1) is 9.50. The van der Waals surface area contributed by atoms with E-state index in [0.717, 1.165) is 25.8 Å². The quantitative estimate of drug-likeness (QED) is 0.563. The minimum absolute atomic E-state index is 0.271. The van der Waals surface area contributed by atoms with Crippen LogP contribution in [0.15, 0.2) is 0 Å². The molecule has 2 unspecified atom stereocenters. The highest BCUT2D eigenvalue weighted by atomic mass is 32.2. The molecule has 0 aliphatic heterocycles. The van der Waals surface area contributed by atoms with Gasteiger partial charge in [0.05, 0.1) is 5.75 Å². The molecule has 4 heteroatoms. The first-order valence-corrected chi connectivity index (χ1v) is 10.3. The van der Waals surface area contributed by atoms with Gasteiger partial charge in [0.15, 0.2) is 0 Å². The van der Waals surface area contributed by atoms with E-state index in [1.54, 1.807) is 6.92 Å². The van der Waals surface area contributed by atoms with Crippen LogP contribution in [-0.4, -0.2) is 32.5 Å². The lowest BCUT2D eigenvalue weighted by molar-refractivity contribution is 0.301. The first-order valence-electron chi connectivity index (χ1n) is 8.44. The molecule has 0 rings (SSSR count). The Labute approximate surface area is 126 Å². The van der Waals surface area contributed by atoms with Crippen molar-refractivity contribution >= 4 is 9.84 Å². The van der Waals surface area contributed by atoms with E-state index in [2.05, 4.69) is 26.1 Å². The molecule has 0 radical (unpaired) electrons. The molecule has 0 saturated heterocycles. The zero-order chi connectivity index (χ0) is 15.4. The molecule has 0 spiro atoms. The van der Waals surface area contributed by atoms with Crippen molar-refractivity contribution in [1.29, 1.82) is 0 Å². The third kappa shape index (κ3) is 8.96. The van der Waals surface area contributed by atoms with E-state index in [1.165, 1.54) is 25.7 Å². The average Bonchev–Trinajstić information content (AvgIpc) is 2.44. The number of sulfone groups is 1. The molecule has 2 atom stereocenters. The van der Waals surface area contributed by atoms with Crippen LogP contribution < -0.4 is 5.32 Å². The maximum absolute atomic E-state index is 11.6. The van der Waals surface area contributed by atoms with Crippen molar-refractivity contribution < 1.29 is 8.42 Å². The molecule has 0 aliphatic rings. The Balaban J connectivity index is 4.37. The van der Waals surface area contributed by atoms with Crippen molar-refractivity contribution in [2.24, 2.45) is 5.92 Å². The molecule has 0 aliphatic carbocycles. The largest absolute Gasteiger partial charge is 0.314 e. The summed E-state index contributed by atoms with van der Waals surface area (Å²) in [5.41, 5.74) is 0. The normalized spacial score (nSPS) is 15.2. The van der Waals surface area contributed by atoms with Gasteiger partial charge in [-0.1, -0.05) is 47.0 Å². The summed E-state index contributed by atoms with van der Waals surface area (Å²) >= 11 is 0. The van der Waals surface area contributed by atoms with E-state index < -0.39 is 9.84 Å². The second-order valence-electron chi connectivity index (χ2n) is 5.75. The monoisotopic (exact) mass is 305 g/mol. The number of rotatable bonds is 13. The zero-order valence-corrected chi connectivity index (χ0v) is 14.8. The lowest BCUT2D eigenvalue weighted by Gasteiger charge is -2.27. The van der Waals surface area contributed by atoms with E-state index in [0.29, 0.717) is 17.7 Å². The molecule has 0 fully saturated rings. The fourth-order valence-electron chi connectivity index (χ4n) is 2.66. The summed E-state index contributed by atoms with van der Waals surface area (Å²) in [6, 6.07) is 0.485. The lowest BCUT2D eigenvalue weighted by atomic mass is 9.88. The summed E-state index contributed by atoms with van der Waals surface area (Å²) in [4.78, 5) is 0. The maximum Gasteiger partial charge on any atom is 0.150 e. The molecule has 3 nitrogen and oxygen atoms in total. The van der Waals surface area contributed by atoms with Crippen LogP contribution in [0.2, 0.25) is 0 Å². The van der Waals surface area contributed by atoms with E-state index in [4.69, 9.17) is 0 Å². The molecule has 1 N–H and O–H groups in total. The van der Waals surface area contributed by atoms with Gasteiger partial charge < -0.3 is 5.32 Å². The third-order valence-corrected chi connectivity index (χ3v) is 5.88. The highest BCUT2D eigenvalue weighted by Gasteiger charge is 2.19. The van der Waals surface area contributed by atoms with Crippen LogP contribution in [0.3, 0.4) is 0 Å². The SMILES string of the molecule is CCCCC(CC)C(CCCS(=O)(=O)CC)NCCC. The van der Waals surface area contributed by atoms with Gasteiger partial charge in [0, 0.05) is 11.8 Å². The average molecular weight is 306 g/mol. The van der Waals surface area contributed by atoms with Gasteiger partial charge in [0.2, 0.25) is 0 Å². The molecule has 0 aromatic carbocycles. The predicted molar refractivity (Wildman–Crippen MR) is 88.9 cm³/mol. The summed E-state index contributed by atoms with van der Waals surface area (Å²) in [6.45, 7) is 9.43. The highest BCUT2D eigenvalue weighted by molar-refractivity contribution is 7.91. The molecule has 0 amide bonds. The van der Waals surface area contributed by atoms with Gasteiger partial charge in [-0.05, 0) is 38.1 Å². The highest BCUT2D eigenvalue weighted by Crippen LogP contribution is 2.20. The molecule has 20 heavy (non-hydrogen) atoms. The second-order valence-corrected chi connectivity index (χ2v) is 8.22. The first kappa shape index (κ1) is 19.9. The fourth-order valence-corrected chi connectivity index (χ4v) is 3.55. The molecule has 0 aromatic heterocycles. The van der Waals surface area contributed by atoms with Crippen LogP contribution in [-0.2, 0) is 9.84 Å². The zero-order valence-electron chi connectivity index (χ0n) is 14.0. The molecular weight excluding hydrogens is 270 g/mol. The van der Waals surface area contributed by atoms with Crippen LogP contribution in [0.1, 0.15) is 72.6 Å². The van der Waals surface area contributed by atoms with Crippen LogP contribution in [0.5, 0.6) is 0 Å². The second kappa shape index (κ2) is 11.6. The van der Waals surface area contributed by atoms with Crippen molar-refractivity contribution in [3.8, 4) is 0 Å². The van der Waals surface area contributed by atoms with Crippen LogP contribution in [0, 0.1) is 5.92 Å². The van der Waals surface area contributed by atoms with Crippen LogP contribution in [0.4, 0.5) is 0 Å². The van der Waals surface area contributed by atoms with Crippen molar-refractivity contribution in [2.75, 3.05) is 18.1 Å². The topological polar surface area (TPSA) is 46.2 Å². The minimum Gasteiger partial charge on any atom is -0.314 e. The van der Waals surface area contributed by atoms with Gasteiger partial charge in [-0.15, -0.1) is 0 Å². The Morgan fingerprint density at radius 2 is 1.65 bits per heavy atom. The summed E-state index contributed by atoms with van der Waals surface area (Å²) in [5, 5.41) is 3.64. The van der Waals surface area contributed by atoms with E-state index in [-0.39, 0.29) is 5.75 Å². The van der Waals surface area contributed by atoms with Gasteiger partial charge in [-0.2, -0.15) is 0 Å². The molecule has 0 saturated carbocycles. The minimum atomic E-state index is -2.81. The van der Waals surface area contributed by atoms with Gasteiger partial charge in [-0.25, -0.2) is 8.42 Å². The van der Waals surface area contributed by atoms with Gasteiger partial charge in [0.25, 0.3) is 0 Å². The lowest BCUT2D eigenvalue weighted by Crippen LogP contribution is -2.37. The Morgan fingerprint density at radius 3 is 2.15 bits per heavy atom. The maximum atomic E-state index is 11.6. The fraction of sp³-hybridized carbons (Fsp3) is 1.00. The van der Waals surface area contributed by atoms with Crippen molar-refractivity contribution in [3.05, 3.63) is 0 Å². The van der Waals surface area contributed by atoms with E-state index in [1.807, 2.05) is 0 Å². The van der Waals surface area contributed by atoms with E-state index in [9.17, 15) is 8.42 Å². The molecule has 0 aromatic rings. The number of nitrogens with one attached hydrogen (secondary N) is 1. The Bertz CT molecular complexity index is 314. The smallest absolute Gasteiger partial charge is 0.150 e. The number of hydrogen-bond donors (Lipinski definition) is 1. The van der Waals surface area contributed by atoms with Crippen LogP contribution >= 0.6 is 0 Å². The van der Waals surface area contributed by atoms with Crippen LogP contribution in [0.25, 0.3) is 0 Å². The van der Waals surface area contributed by atoms with Gasteiger partial charge in [0.1, 0.15) is 9.84 Å².